The molecule has 0 fully saturated rings. The first-order chi connectivity index (χ1) is 9.28. The van der Waals surface area contributed by atoms with Gasteiger partial charge in [-0.15, -0.1) is 11.3 Å². The number of aromatic nitrogens is 3. The van der Waals surface area contributed by atoms with Crippen LogP contribution in [0.25, 0.3) is 4.96 Å². The van der Waals surface area contributed by atoms with Gasteiger partial charge < -0.3 is 9.73 Å². The molecule has 100 valence electrons. The number of fused-ring (bicyclic) bond motifs is 1. The van der Waals surface area contributed by atoms with Crippen molar-refractivity contribution in [3.63, 3.8) is 0 Å². The average Bonchev–Trinajstić information content (AvgIpc) is 3.05. The molecule has 0 aliphatic rings. The molecule has 0 spiro atoms. The summed E-state index contributed by atoms with van der Waals surface area (Å²) in [6, 6.07) is 0. The van der Waals surface area contributed by atoms with Gasteiger partial charge in [-0.05, 0) is 25.2 Å². The number of thiazole rings is 1. The number of oxazole rings is 1. The third-order valence-corrected chi connectivity index (χ3v) is 4.29. The zero-order chi connectivity index (χ0) is 13.2. The Hall–Kier alpha value is -1.31. The van der Waals surface area contributed by atoms with Gasteiger partial charge in [-0.25, -0.2) is 9.97 Å². The molecule has 5 nitrogen and oxygen atoms in total. The highest BCUT2D eigenvalue weighted by Crippen LogP contribution is 2.31. The van der Waals surface area contributed by atoms with Crippen LogP contribution in [0, 0.1) is 6.92 Å². The average molecular weight is 294 g/mol. The van der Waals surface area contributed by atoms with Crippen LogP contribution in [0.4, 0.5) is 0 Å². The Morgan fingerprint density at radius 1 is 1.47 bits per heavy atom. The van der Waals surface area contributed by atoms with E-state index in [1.165, 1.54) is 11.8 Å². The van der Waals surface area contributed by atoms with E-state index in [4.69, 9.17) is 4.42 Å². The summed E-state index contributed by atoms with van der Waals surface area (Å²) in [5.74, 6) is 0. The highest BCUT2D eigenvalue weighted by Gasteiger charge is 2.16. The highest BCUT2D eigenvalue weighted by molar-refractivity contribution is 7.99. The van der Waals surface area contributed by atoms with Crippen molar-refractivity contribution in [2.24, 2.45) is 0 Å². The fraction of sp³-hybridized carbons (Fsp3) is 0.333. The van der Waals surface area contributed by atoms with E-state index in [0.29, 0.717) is 5.22 Å². The summed E-state index contributed by atoms with van der Waals surface area (Å²) in [4.78, 5) is 9.95. The molecule has 3 rings (SSSR count). The fourth-order valence-corrected chi connectivity index (χ4v) is 3.42. The molecular weight excluding hydrogens is 280 g/mol. The minimum absolute atomic E-state index is 0.640. The molecule has 0 amide bonds. The van der Waals surface area contributed by atoms with Crippen molar-refractivity contribution in [3.05, 3.63) is 29.2 Å². The van der Waals surface area contributed by atoms with Crippen LogP contribution >= 0.6 is 23.1 Å². The molecule has 7 heteroatoms. The molecule has 19 heavy (non-hydrogen) atoms. The van der Waals surface area contributed by atoms with Crippen molar-refractivity contribution in [2.45, 2.75) is 30.6 Å². The first kappa shape index (κ1) is 12.7. The van der Waals surface area contributed by atoms with Gasteiger partial charge in [0.15, 0.2) is 4.96 Å². The first-order valence-electron chi connectivity index (χ1n) is 6.03. The number of rotatable bonds is 5. The lowest BCUT2D eigenvalue weighted by Crippen LogP contribution is -2.13. The summed E-state index contributed by atoms with van der Waals surface area (Å²) < 4.78 is 7.50. The first-order valence-corrected chi connectivity index (χ1v) is 7.72. The summed E-state index contributed by atoms with van der Waals surface area (Å²) in [6.07, 6.45) is 3.70. The topological polar surface area (TPSA) is 55.4 Å². The molecule has 0 saturated heterocycles. The zero-order valence-corrected chi connectivity index (χ0v) is 12.3. The van der Waals surface area contributed by atoms with Gasteiger partial charge in [0.05, 0.1) is 11.4 Å². The summed E-state index contributed by atoms with van der Waals surface area (Å²) in [5.41, 5.74) is 2.04. The molecule has 0 radical (unpaired) electrons. The third kappa shape index (κ3) is 2.54. The molecule has 0 aromatic carbocycles. The summed E-state index contributed by atoms with van der Waals surface area (Å²) in [5, 5.41) is 6.98. The maximum absolute atomic E-state index is 5.39. The molecule has 0 atom stereocenters. The smallest absolute Gasteiger partial charge is 0.262 e. The Balaban J connectivity index is 1.94. The van der Waals surface area contributed by atoms with Crippen LogP contribution in [0.3, 0.4) is 0 Å². The number of hydrogen-bond donors (Lipinski definition) is 1. The van der Waals surface area contributed by atoms with Crippen molar-refractivity contribution in [3.8, 4) is 0 Å². The van der Waals surface area contributed by atoms with Gasteiger partial charge in [-0.3, -0.25) is 4.40 Å². The lowest BCUT2D eigenvalue weighted by atomic mass is 10.4. The zero-order valence-electron chi connectivity index (χ0n) is 10.7. The van der Waals surface area contributed by atoms with E-state index in [1.807, 2.05) is 18.5 Å². The third-order valence-electron chi connectivity index (χ3n) is 2.65. The summed E-state index contributed by atoms with van der Waals surface area (Å²) >= 11 is 3.10. The van der Waals surface area contributed by atoms with E-state index in [9.17, 15) is 0 Å². The van der Waals surface area contributed by atoms with Gasteiger partial charge in [-0.2, -0.15) is 0 Å². The Labute approximate surface area is 119 Å². The predicted molar refractivity (Wildman–Crippen MR) is 75.8 cm³/mol. The lowest BCUT2D eigenvalue weighted by Gasteiger charge is -2.02. The normalized spacial score (nSPS) is 11.5. The molecule has 3 aromatic rings. The molecule has 0 unspecified atom stereocenters. The molecule has 0 bridgehead atoms. The monoisotopic (exact) mass is 294 g/mol. The molecular formula is C12H14N4OS2. The molecule has 3 aromatic heterocycles. The van der Waals surface area contributed by atoms with Gasteiger partial charge in [0, 0.05) is 18.1 Å². The summed E-state index contributed by atoms with van der Waals surface area (Å²) in [6.45, 7) is 5.73. The Kier molecular flexibility index (Phi) is 3.58. The van der Waals surface area contributed by atoms with E-state index < -0.39 is 0 Å². The van der Waals surface area contributed by atoms with Gasteiger partial charge in [0.1, 0.15) is 11.3 Å². The molecule has 0 aliphatic carbocycles. The van der Waals surface area contributed by atoms with Crippen LogP contribution in [0.1, 0.15) is 18.3 Å². The van der Waals surface area contributed by atoms with Crippen molar-refractivity contribution in [2.75, 3.05) is 6.54 Å². The van der Waals surface area contributed by atoms with Gasteiger partial charge in [0.2, 0.25) is 0 Å². The minimum Gasteiger partial charge on any atom is -0.439 e. The van der Waals surface area contributed by atoms with Crippen LogP contribution in [0.15, 0.2) is 32.5 Å². The van der Waals surface area contributed by atoms with E-state index in [0.717, 1.165) is 34.5 Å². The second-order valence-corrected chi connectivity index (χ2v) is 5.87. The number of imidazole rings is 1. The van der Waals surface area contributed by atoms with E-state index in [-0.39, 0.29) is 0 Å². The van der Waals surface area contributed by atoms with E-state index in [1.54, 1.807) is 17.6 Å². The van der Waals surface area contributed by atoms with Crippen LogP contribution < -0.4 is 5.32 Å². The number of hydrogen-bond acceptors (Lipinski definition) is 6. The van der Waals surface area contributed by atoms with Crippen molar-refractivity contribution in [1.82, 2.24) is 19.7 Å². The highest BCUT2D eigenvalue weighted by atomic mass is 32.2. The summed E-state index contributed by atoms with van der Waals surface area (Å²) in [7, 11) is 0. The van der Waals surface area contributed by atoms with Crippen LogP contribution in [0.5, 0.6) is 0 Å². The Bertz CT molecular complexity index is 685. The Morgan fingerprint density at radius 2 is 2.37 bits per heavy atom. The molecule has 0 saturated carbocycles. The SMILES string of the molecule is CCNCc1c(Sc2nc(C)co2)nc2sccn12. The maximum atomic E-state index is 5.39. The van der Waals surface area contributed by atoms with Crippen molar-refractivity contribution in [1.29, 1.82) is 0 Å². The molecule has 3 heterocycles. The van der Waals surface area contributed by atoms with Crippen LogP contribution in [0.2, 0.25) is 0 Å². The second-order valence-electron chi connectivity index (χ2n) is 4.06. The quantitative estimate of drug-likeness (QED) is 0.784. The predicted octanol–water partition coefficient (Wildman–Crippen LogP) is 2.95. The van der Waals surface area contributed by atoms with Crippen molar-refractivity contribution >= 4 is 28.1 Å². The number of nitrogens with zero attached hydrogens (tertiary/aromatic N) is 3. The lowest BCUT2D eigenvalue weighted by molar-refractivity contribution is 0.453. The van der Waals surface area contributed by atoms with Gasteiger partial charge in [0.25, 0.3) is 5.22 Å². The standard InChI is InChI=1S/C12H14N4OS2/c1-3-13-6-9-10(15-11-16(9)4-5-18-11)19-12-14-8(2)7-17-12/h4-5,7,13H,3,6H2,1-2H3. The van der Waals surface area contributed by atoms with Crippen LogP contribution in [-0.2, 0) is 6.54 Å². The minimum atomic E-state index is 0.640. The van der Waals surface area contributed by atoms with Gasteiger partial charge >= 0.3 is 0 Å². The van der Waals surface area contributed by atoms with Gasteiger partial charge in [-0.1, -0.05) is 6.92 Å². The maximum Gasteiger partial charge on any atom is 0.262 e. The number of nitrogens with one attached hydrogen (secondary N) is 1. The number of aryl methyl sites for hydroxylation is 1. The van der Waals surface area contributed by atoms with E-state index in [2.05, 4.69) is 26.6 Å². The second kappa shape index (κ2) is 5.36. The Morgan fingerprint density at radius 3 is 3.11 bits per heavy atom. The largest absolute Gasteiger partial charge is 0.439 e. The van der Waals surface area contributed by atoms with E-state index >= 15 is 0 Å². The molecule has 1 N–H and O–H groups in total. The fourth-order valence-electron chi connectivity index (χ4n) is 1.76. The van der Waals surface area contributed by atoms with Crippen molar-refractivity contribution < 1.29 is 4.42 Å². The molecule has 0 aliphatic heterocycles. The van der Waals surface area contributed by atoms with Crippen LogP contribution in [-0.4, -0.2) is 20.9 Å².